The van der Waals surface area contributed by atoms with Crippen LogP contribution in [0.2, 0.25) is 0 Å². The molecule has 1 aromatic carbocycles. The van der Waals surface area contributed by atoms with Crippen LogP contribution < -0.4 is 16.6 Å². The summed E-state index contributed by atoms with van der Waals surface area (Å²) in [6.07, 6.45) is 0.383. The highest BCUT2D eigenvalue weighted by Gasteiger charge is 2.39. The predicted octanol–water partition coefficient (Wildman–Crippen LogP) is -0.227. The molecule has 1 aliphatic heterocycles. The van der Waals surface area contributed by atoms with Crippen LogP contribution in [0.3, 0.4) is 0 Å². The van der Waals surface area contributed by atoms with E-state index >= 15 is 0 Å². The highest BCUT2D eigenvalue weighted by Crippen LogP contribution is 2.22. The minimum absolute atomic E-state index is 0.00554. The van der Waals surface area contributed by atoms with E-state index in [1.807, 2.05) is 0 Å². The van der Waals surface area contributed by atoms with Gasteiger partial charge in [0.05, 0.1) is 27.9 Å². The number of rotatable bonds is 4. The first kappa shape index (κ1) is 17.4. The van der Waals surface area contributed by atoms with Gasteiger partial charge >= 0.3 is 5.69 Å². The van der Waals surface area contributed by atoms with Gasteiger partial charge in [0.25, 0.3) is 5.56 Å². The first-order chi connectivity index (χ1) is 11.7. The van der Waals surface area contributed by atoms with Gasteiger partial charge in [0.15, 0.2) is 9.84 Å². The van der Waals surface area contributed by atoms with Crippen molar-refractivity contribution in [2.75, 3.05) is 11.5 Å². The van der Waals surface area contributed by atoms with E-state index in [1.165, 1.54) is 4.57 Å². The van der Waals surface area contributed by atoms with Crippen LogP contribution in [0.5, 0.6) is 0 Å². The molecule has 3 rings (SSSR count). The fourth-order valence-corrected chi connectivity index (χ4v) is 5.28. The largest absolute Gasteiger partial charge is 0.350 e. The first-order valence-corrected chi connectivity index (χ1v) is 9.75. The minimum atomic E-state index is -3.12. The maximum atomic E-state index is 12.2. The van der Waals surface area contributed by atoms with E-state index in [2.05, 4.69) is 10.3 Å². The molecule has 0 saturated carbocycles. The van der Waals surface area contributed by atoms with Crippen molar-refractivity contribution in [3.8, 4) is 0 Å². The van der Waals surface area contributed by atoms with E-state index in [0.717, 1.165) is 0 Å². The number of aromatic amines is 1. The van der Waals surface area contributed by atoms with Crippen molar-refractivity contribution in [2.24, 2.45) is 0 Å². The Morgan fingerprint density at radius 3 is 2.72 bits per heavy atom. The lowest BCUT2D eigenvalue weighted by atomic mass is 10.0. The van der Waals surface area contributed by atoms with Crippen LogP contribution in [-0.4, -0.2) is 40.9 Å². The van der Waals surface area contributed by atoms with Gasteiger partial charge in [-0.1, -0.05) is 12.1 Å². The monoisotopic (exact) mass is 365 g/mol. The number of amides is 1. The summed E-state index contributed by atoms with van der Waals surface area (Å²) in [5.41, 5.74) is -1.36. The molecule has 0 bridgehead atoms. The molecule has 9 heteroatoms. The van der Waals surface area contributed by atoms with Gasteiger partial charge in [0.2, 0.25) is 5.91 Å². The topological polar surface area (TPSA) is 118 Å². The summed E-state index contributed by atoms with van der Waals surface area (Å²) in [4.78, 5) is 38.3. The van der Waals surface area contributed by atoms with Crippen molar-refractivity contribution in [3.63, 3.8) is 0 Å². The number of para-hydroxylation sites is 1. The van der Waals surface area contributed by atoms with Gasteiger partial charge in [-0.15, -0.1) is 0 Å². The molecule has 25 heavy (non-hydrogen) atoms. The summed E-state index contributed by atoms with van der Waals surface area (Å²) in [6.45, 7) is 1.79. The summed E-state index contributed by atoms with van der Waals surface area (Å²) in [6, 6.07) is 6.66. The van der Waals surface area contributed by atoms with Crippen LogP contribution in [0.25, 0.3) is 10.9 Å². The Balaban J connectivity index is 1.76. The number of fused-ring (bicyclic) bond motifs is 1. The molecular formula is C16H19N3O5S. The third kappa shape index (κ3) is 3.65. The van der Waals surface area contributed by atoms with Crippen molar-refractivity contribution in [1.82, 2.24) is 14.9 Å². The number of benzene rings is 1. The number of aromatic nitrogens is 2. The minimum Gasteiger partial charge on any atom is -0.350 e. The van der Waals surface area contributed by atoms with E-state index in [-0.39, 0.29) is 30.4 Å². The van der Waals surface area contributed by atoms with Gasteiger partial charge in [-0.05, 0) is 25.5 Å². The van der Waals surface area contributed by atoms with Gasteiger partial charge in [0.1, 0.15) is 0 Å². The van der Waals surface area contributed by atoms with E-state index in [9.17, 15) is 22.8 Å². The van der Waals surface area contributed by atoms with Crippen molar-refractivity contribution < 1.29 is 13.2 Å². The normalized spacial score (nSPS) is 22.1. The molecule has 2 N–H and O–H groups in total. The second kappa shape index (κ2) is 6.14. The predicted molar refractivity (Wildman–Crippen MR) is 93.3 cm³/mol. The molecule has 134 valence electrons. The smallest absolute Gasteiger partial charge is 0.328 e. The molecule has 2 heterocycles. The second-order valence-electron chi connectivity index (χ2n) is 6.63. The van der Waals surface area contributed by atoms with Crippen LogP contribution in [0.4, 0.5) is 0 Å². The van der Waals surface area contributed by atoms with E-state index in [1.54, 1.807) is 31.2 Å². The van der Waals surface area contributed by atoms with Gasteiger partial charge in [-0.3, -0.25) is 19.1 Å². The zero-order valence-electron chi connectivity index (χ0n) is 13.7. The number of hydrogen-bond donors (Lipinski definition) is 2. The van der Waals surface area contributed by atoms with E-state index in [4.69, 9.17) is 0 Å². The Hall–Kier alpha value is -2.42. The summed E-state index contributed by atoms with van der Waals surface area (Å²) < 4.78 is 24.5. The lowest BCUT2D eigenvalue weighted by Gasteiger charge is -2.24. The Kier molecular flexibility index (Phi) is 4.28. The third-order valence-electron chi connectivity index (χ3n) is 4.41. The van der Waals surface area contributed by atoms with Crippen LogP contribution in [0, 0.1) is 0 Å². The molecular weight excluding hydrogens is 346 g/mol. The first-order valence-electron chi connectivity index (χ1n) is 7.92. The summed E-state index contributed by atoms with van der Waals surface area (Å²) >= 11 is 0. The Labute approximate surface area is 143 Å². The van der Waals surface area contributed by atoms with Gasteiger partial charge in [-0.25, -0.2) is 13.2 Å². The molecule has 1 saturated heterocycles. The van der Waals surface area contributed by atoms with Crippen LogP contribution in [0.1, 0.15) is 19.8 Å². The highest BCUT2D eigenvalue weighted by molar-refractivity contribution is 7.91. The maximum absolute atomic E-state index is 12.2. The summed E-state index contributed by atoms with van der Waals surface area (Å²) in [5, 5.41) is 3.13. The fourth-order valence-electron chi connectivity index (χ4n) is 3.19. The van der Waals surface area contributed by atoms with Gasteiger partial charge in [-0.2, -0.15) is 0 Å². The zero-order valence-corrected chi connectivity index (χ0v) is 14.6. The molecule has 0 spiro atoms. The summed E-state index contributed by atoms with van der Waals surface area (Å²) in [7, 11) is -3.12. The van der Waals surface area contributed by atoms with E-state index in [0.29, 0.717) is 17.3 Å². The quantitative estimate of drug-likeness (QED) is 0.776. The van der Waals surface area contributed by atoms with E-state index < -0.39 is 26.6 Å². The molecule has 0 radical (unpaired) electrons. The van der Waals surface area contributed by atoms with Crippen LogP contribution in [-0.2, 0) is 21.2 Å². The van der Waals surface area contributed by atoms with Gasteiger partial charge in [0, 0.05) is 13.0 Å². The molecule has 1 aliphatic rings. The number of hydrogen-bond acceptors (Lipinski definition) is 5. The molecule has 8 nitrogen and oxygen atoms in total. The molecule has 1 fully saturated rings. The van der Waals surface area contributed by atoms with Crippen molar-refractivity contribution >= 4 is 26.6 Å². The highest BCUT2D eigenvalue weighted by atomic mass is 32.2. The molecule has 1 amide bonds. The Morgan fingerprint density at radius 1 is 1.32 bits per heavy atom. The van der Waals surface area contributed by atoms with Gasteiger partial charge < -0.3 is 5.32 Å². The van der Waals surface area contributed by atoms with Crippen LogP contribution in [0.15, 0.2) is 33.9 Å². The Bertz CT molecular complexity index is 1050. The molecule has 0 aliphatic carbocycles. The van der Waals surface area contributed by atoms with Crippen LogP contribution >= 0.6 is 0 Å². The SMILES string of the molecule is C[C@]1(NC(=O)CCn2c(=O)[nH]c(=O)c3ccccc32)CCS(=O)(=O)C1. The second-order valence-corrected chi connectivity index (χ2v) is 8.81. The average Bonchev–Trinajstić information content (AvgIpc) is 2.80. The van der Waals surface area contributed by atoms with Crippen molar-refractivity contribution in [1.29, 1.82) is 0 Å². The number of carbonyl (C=O) groups is 1. The number of carbonyl (C=O) groups excluding carboxylic acids is 1. The fraction of sp³-hybridized carbons (Fsp3) is 0.438. The third-order valence-corrected chi connectivity index (χ3v) is 6.32. The molecule has 1 atom stereocenters. The number of nitrogens with zero attached hydrogens (tertiary/aromatic N) is 1. The Morgan fingerprint density at radius 2 is 2.04 bits per heavy atom. The standard InChI is InChI=1S/C16H19N3O5S/c1-16(7-9-25(23,24)10-16)18-13(20)6-8-19-12-5-3-2-4-11(12)14(21)17-15(19)22/h2-5H,6-10H2,1H3,(H,18,20)(H,17,21,22)/t16-/m0/s1. The lowest BCUT2D eigenvalue weighted by Crippen LogP contribution is -2.47. The number of aryl methyl sites for hydroxylation is 1. The number of sulfone groups is 1. The number of nitrogens with one attached hydrogen (secondary N) is 2. The molecule has 1 aromatic heterocycles. The number of H-pyrrole nitrogens is 1. The molecule has 0 unspecified atom stereocenters. The maximum Gasteiger partial charge on any atom is 0.328 e. The summed E-state index contributed by atoms with van der Waals surface area (Å²) in [5.74, 6) is -0.345. The molecule has 2 aromatic rings. The lowest BCUT2D eigenvalue weighted by molar-refractivity contribution is -0.122. The van der Waals surface area contributed by atoms with Crippen molar-refractivity contribution in [2.45, 2.75) is 31.8 Å². The zero-order chi connectivity index (χ0) is 18.2. The van der Waals surface area contributed by atoms with Crippen molar-refractivity contribution in [3.05, 3.63) is 45.1 Å². The average molecular weight is 365 g/mol.